The molecule has 3 heterocycles. The molecule has 1 fully saturated rings. The SMILES string of the molecule is Cc1c([C@H]2CCCC[C@@H]2N)sc2c(NCc3cccs3)cc(Cl)nc12.O=CO. The number of hydrogen-bond acceptors (Lipinski definition) is 6. The predicted octanol–water partition coefficient (Wildman–Crippen LogP) is 5.62. The number of carbonyl (C=O) groups is 1. The molecule has 8 heteroatoms. The van der Waals surface area contributed by atoms with Crippen molar-refractivity contribution in [3.63, 3.8) is 0 Å². The number of fused-ring (bicyclic) bond motifs is 1. The number of thiophene rings is 2. The number of carboxylic acid groups (broad SMARTS) is 1. The topological polar surface area (TPSA) is 88.2 Å². The molecular formula is C20H24ClN3O2S2. The first kappa shape index (κ1) is 21.0. The molecule has 0 bridgehead atoms. The Bertz CT molecular complexity index is 927. The van der Waals surface area contributed by atoms with Gasteiger partial charge in [0.15, 0.2) is 0 Å². The fourth-order valence-corrected chi connectivity index (χ4v) is 6.02. The number of nitrogens with two attached hydrogens (primary N) is 1. The average Bonchev–Trinajstić information content (AvgIpc) is 3.30. The molecule has 0 spiro atoms. The van der Waals surface area contributed by atoms with Crippen LogP contribution in [0.15, 0.2) is 23.6 Å². The molecular weight excluding hydrogens is 414 g/mol. The van der Waals surface area contributed by atoms with Crippen molar-refractivity contribution in [2.75, 3.05) is 5.32 Å². The molecule has 0 aliphatic heterocycles. The Morgan fingerprint density at radius 2 is 2.18 bits per heavy atom. The normalized spacial score (nSPS) is 19.1. The van der Waals surface area contributed by atoms with E-state index in [4.69, 9.17) is 27.2 Å². The smallest absolute Gasteiger partial charge is 0.290 e. The van der Waals surface area contributed by atoms with Crippen LogP contribution in [0, 0.1) is 6.92 Å². The highest BCUT2D eigenvalue weighted by Gasteiger charge is 2.28. The van der Waals surface area contributed by atoms with Crippen LogP contribution in [-0.2, 0) is 11.3 Å². The molecule has 150 valence electrons. The molecule has 0 unspecified atom stereocenters. The summed E-state index contributed by atoms with van der Waals surface area (Å²) < 4.78 is 1.20. The van der Waals surface area contributed by atoms with Gasteiger partial charge in [0.2, 0.25) is 0 Å². The molecule has 4 rings (SSSR count). The Morgan fingerprint density at radius 1 is 1.43 bits per heavy atom. The third kappa shape index (κ3) is 4.66. The molecule has 1 aliphatic carbocycles. The average molecular weight is 438 g/mol. The second-order valence-corrected chi connectivity index (χ2v) is 9.33. The molecule has 0 amide bonds. The maximum atomic E-state index is 8.36. The number of aryl methyl sites for hydroxylation is 1. The highest BCUT2D eigenvalue weighted by atomic mass is 35.5. The lowest BCUT2D eigenvalue weighted by Crippen LogP contribution is -2.31. The molecule has 0 aromatic carbocycles. The zero-order chi connectivity index (χ0) is 20.1. The van der Waals surface area contributed by atoms with Gasteiger partial charge in [-0.25, -0.2) is 4.98 Å². The summed E-state index contributed by atoms with van der Waals surface area (Å²) in [4.78, 5) is 15.7. The summed E-state index contributed by atoms with van der Waals surface area (Å²) in [5.41, 5.74) is 9.80. The summed E-state index contributed by atoms with van der Waals surface area (Å²) >= 11 is 9.92. The molecule has 2 atom stereocenters. The second kappa shape index (κ2) is 9.69. The first-order valence-corrected chi connectivity index (χ1v) is 11.3. The Labute approximate surface area is 177 Å². The summed E-state index contributed by atoms with van der Waals surface area (Å²) in [5, 5.41) is 13.1. The minimum Gasteiger partial charge on any atom is -0.483 e. The molecule has 4 N–H and O–H groups in total. The number of hydrogen-bond donors (Lipinski definition) is 3. The highest BCUT2D eigenvalue weighted by molar-refractivity contribution is 7.20. The number of rotatable bonds is 4. The Hall–Kier alpha value is -1.67. The molecule has 5 nitrogen and oxygen atoms in total. The van der Waals surface area contributed by atoms with Crippen LogP contribution in [0.2, 0.25) is 5.15 Å². The standard InChI is InChI=1S/C19H22ClN3S2.CH2O2/c1-11-17-19(25-18(11)13-6-2-3-7-14(13)21)15(9-16(20)23-17)22-10-12-5-4-8-24-12;2-1-3/h4-5,8-9,13-14H,2-3,6-7,10,21H2,1H3,(H,22,23);1H,(H,2,3)/t13-,14-;/m0./s1. The Balaban J connectivity index is 0.000000706. The summed E-state index contributed by atoms with van der Waals surface area (Å²) in [6.45, 7) is 2.73. The first-order chi connectivity index (χ1) is 13.5. The van der Waals surface area contributed by atoms with Gasteiger partial charge in [0.25, 0.3) is 6.47 Å². The van der Waals surface area contributed by atoms with Crippen LogP contribution in [-0.4, -0.2) is 22.6 Å². The lowest BCUT2D eigenvalue weighted by molar-refractivity contribution is -0.122. The van der Waals surface area contributed by atoms with Crippen LogP contribution in [0.1, 0.15) is 46.9 Å². The largest absolute Gasteiger partial charge is 0.483 e. The van der Waals surface area contributed by atoms with Gasteiger partial charge in [0.05, 0.1) is 15.9 Å². The second-order valence-electron chi connectivity index (χ2n) is 6.85. The van der Waals surface area contributed by atoms with E-state index in [1.165, 1.54) is 39.3 Å². The number of aromatic nitrogens is 1. The van der Waals surface area contributed by atoms with Gasteiger partial charge < -0.3 is 16.2 Å². The quantitative estimate of drug-likeness (QED) is 0.364. The van der Waals surface area contributed by atoms with E-state index >= 15 is 0 Å². The summed E-state index contributed by atoms with van der Waals surface area (Å²) in [7, 11) is 0. The van der Waals surface area contributed by atoms with Crippen LogP contribution in [0.3, 0.4) is 0 Å². The summed E-state index contributed by atoms with van der Waals surface area (Å²) in [6.07, 6.45) is 4.82. The van der Waals surface area contributed by atoms with E-state index in [0.717, 1.165) is 24.2 Å². The number of pyridine rings is 1. The molecule has 3 aromatic rings. The molecule has 1 aliphatic rings. The zero-order valence-electron chi connectivity index (χ0n) is 15.7. The summed E-state index contributed by atoms with van der Waals surface area (Å²) in [6, 6.07) is 6.43. The van der Waals surface area contributed by atoms with Crippen molar-refractivity contribution in [1.29, 1.82) is 0 Å². The lowest BCUT2D eigenvalue weighted by atomic mass is 9.83. The van der Waals surface area contributed by atoms with E-state index in [1.807, 2.05) is 17.4 Å². The molecule has 28 heavy (non-hydrogen) atoms. The number of anilines is 1. The van der Waals surface area contributed by atoms with Crippen LogP contribution in [0.25, 0.3) is 10.2 Å². The van der Waals surface area contributed by atoms with E-state index in [9.17, 15) is 0 Å². The van der Waals surface area contributed by atoms with Crippen molar-refractivity contribution in [2.24, 2.45) is 5.73 Å². The van der Waals surface area contributed by atoms with Gasteiger partial charge in [0.1, 0.15) is 5.15 Å². The third-order valence-electron chi connectivity index (χ3n) is 5.07. The summed E-state index contributed by atoms with van der Waals surface area (Å²) in [5.74, 6) is 0.455. The maximum absolute atomic E-state index is 8.36. The monoisotopic (exact) mass is 437 g/mol. The van der Waals surface area contributed by atoms with E-state index in [2.05, 4.69) is 34.7 Å². The van der Waals surface area contributed by atoms with Gasteiger partial charge in [-0.2, -0.15) is 0 Å². The molecule has 0 saturated heterocycles. The van der Waals surface area contributed by atoms with Crippen molar-refractivity contribution in [2.45, 2.75) is 51.1 Å². The van der Waals surface area contributed by atoms with Crippen molar-refractivity contribution in [1.82, 2.24) is 4.98 Å². The molecule has 3 aromatic heterocycles. The Kier molecular flexibility index (Phi) is 7.29. The van der Waals surface area contributed by atoms with Gasteiger partial charge in [-0.05, 0) is 36.8 Å². The van der Waals surface area contributed by atoms with Gasteiger partial charge in [-0.3, -0.25) is 4.79 Å². The fraction of sp³-hybridized carbons (Fsp3) is 0.400. The van der Waals surface area contributed by atoms with Crippen LogP contribution >= 0.6 is 34.3 Å². The minimum atomic E-state index is -0.250. The first-order valence-electron chi connectivity index (χ1n) is 9.24. The predicted molar refractivity (Wildman–Crippen MR) is 119 cm³/mol. The third-order valence-corrected chi connectivity index (χ3v) is 7.58. The number of nitrogens with one attached hydrogen (secondary N) is 1. The maximum Gasteiger partial charge on any atom is 0.290 e. The van der Waals surface area contributed by atoms with Crippen LogP contribution in [0.4, 0.5) is 5.69 Å². The van der Waals surface area contributed by atoms with Gasteiger partial charge in [0, 0.05) is 34.3 Å². The van der Waals surface area contributed by atoms with E-state index < -0.39 is 0 Å². The van der Waals surface area contributed by atoms with Crippen LogP contribution in [0.5, 0.6) is 0 Å². The van der Waals surface area contributed by atoms with Gasteiger partial charge in [-0.15, -0.1) is 22.7 Å². The van der Waals surface area contributed by atoms with Gasteiger partial charge >= 0.3 is 0 Å². The number of nitrogens with zero attached hydrogens (tertiary/aromatic N) is 1. The van der Waals surface area contributed by atoms with Gasteiger partial charge in [-0.1, -0.05) is 30.5 Å². The fourth-order valence-electron chi connectivity index (χ4n) is 3.73. The van der Waals surface area contributed by atoms with Crippen molar-refractivity contribution in [3.8, 4) is 0 Å². The molecule has 0 radical (unpaired) electrons. The van der Waals surface area contributed by atoms with Crippen LogP contribution < -0.4 is 11.1 Å². The molecule has 1 saturated carbocycles. The zero-order valence-corrected chi connectivity index (χ0v) is 18.0. The van der Waals surface area contributed by atoms with E-state index in [-0.39, 0.29) is 12.5 Å². The lowest BCUT2D eigenvalue weighted by Gasteiger charge is -2.28. The number of halogens is 1. The highest BCUT2D eigenvalue weighted by Crippen LogP contribution is 2.43. The van der Waals surface area contributed by atoms with E-state index in [0.29, 0.717) is 11.1 Å². The van der Waals surface area contributed by atoms with Crippen molar-refractivity contribution in [3.05, 3.63) is 44.1 Å². The van der Waals surface area contributed by atoms with E-state index in [1.54, 1.807) is 11.3 Å². The van der Waals surface area contributed by atoms with Crippen molar-refractivity contribution < 1.29 is 9.90 Å². The minimum absolute atomic E-state index is 0.250. The Morgan fingerprint density at radius 3 is 2.86 bits per heavy atom. The van der Waals surface area contributed by atoms with Crippen molar-refractivity contribution >= 4 is 56.7 Å².